The van der Waals surface area contributed by atoms with Crippen LogP contribution in [0.5, 0.6) is 0 Å². The summed E-state index contributed by atoms with van der Waals surface area (Å²) in [6.07, 6.45) is 1.87. The van der Waals surface area contributed by atoms with Gasteiger partial charge >= 0.3 is 0 Å². The van der Waals surface area contributed by atoms with E-state index in [4.69, 9.17) is 5.73 Å². The van der Waals surface area contributed by atoms with Crippen LogP contribution in [0.4, 0.5) is 5.69 Å². The van der Waals surface area contributed by atoms with Crippen molar-refractivity contribution in [3.05, 3.63) is 42.0 Å². The van der Waals surface area contributed by atoms with Crippen molar-refractivity contribution in [2.24, 2.45) is 0 Å². The summed E-state index contributed by atoms with van der Waals surface area (Å²) in [7, 11) is 0. The molecule has 2 aromatic heterocycles. The number of nitrogens with two attached hydrogens (primary N) is 1. The average Bonchev–Trinajstić information content (AvgIpc) is 2.94. The largest absolute Gasteiger partial charge is 0.396 e. The molecule has 0 saturated heterocycles. The fraction of sp³-hybridized carbons (Fsp3) is 0.286. The zero-order chi connectivity index (χ0) is 13.4. The Morgan fingerprint density at radius 3 is 2.68 bits per heavy atom. The standard InChI is InChI=1S/C14H17N5/c1-10-14(15)11(2)19(17-10)8-7-18-9-16-12-5-3-4-6-13(12)18/h3-6,9H,7-8,15H2,1-2H3. The van der Waals surface area contributed by atoms with Gasteiger partial charge in [0.15, 0.2) is 0 Å². The van der Waals surface area contributed by atoms with Gasteiger partial charge in [0, 0.05) is 6.54 Å². The molecule has 19 heavy (non-hydrogen) atoms. The molecule has 0 aliphatic carbocycles. The van der Waals surface area contributed by atoms with Crippen LogP contribution in [0.3, 0.4) is 0 Å². The zero-order valence-electron chi connectivity index (χ0n) is 11.2. The Morgan fingerprint density at radius 1 is 1.16 bits per heavy atom. The number of fused-ring (bicyclic) bond motifs is 1. The van der Waals surface area contributed by atoms with E-state index in [1.165, 1.54) is 0 Å². The van der Waals surface area contributed by atoms with Gasteiger partial charge in [-0.15, -0.1) is 0 Å². The molecule has 3 rings (SSSR count). The van der Waals surface area contributed by atoms with Crippen molar-refractivity contribution in [3.63, 3.8) is 0 Å². The number of nitrogens with zero attached hydrogens (tertiary/aromatic N) is 4. The van der Waals surface area contributed by atoms with Gasteiger partial charge in [0.05, 0.1) is 41.0 Å². The normalized spacial score (nSPS) is 11.3. The molecule has 3 aromatic rings. The number of rotatable bonds is 3. The van der Waals surface area contributed by atoms with Crippen molar-refractivity contribution in [2.45, 2.75) is 26.9 Å². The lowest BCUT2D eigenvalue weighted by molar-refractivity contribution is 0.528. The van der Waals surface area contributed by atoms with E-state index in [1.54, 1.807) is 0 Å². The molecule has 0 aliphatic rings. The molecule has 98 valence electrons. The van der Waals surface area contributed by atoms with E-state index in [9.17, 15) is 0 Å². The molecule has 0 atom stereocenters. The van der Waals surface area contributed by atoms with Gasteiger partial charge in [-0.1, -0.05) is 12.1 Å². The zero-order valence-corrected chi connectivity index (χ0v) is 11.2. The summed E-state index contributed by atoms with van der Waals surface area (Å²) in [4.78, 5) is 4.38. The third-order valence-corrected chi connectivity index (χ3v) is 3.52. The lowest BCUT2D eigenvalue weighted by atomic mass is 10.3. The summed E-state index contributed by atoms with van der Waals surface area (Å²) in [5.74, 6) is 0. The molecule has 0 saturated carbocycles. The van der Waals surface area contributed by atoms with E-state index in [0.717, 1.165) is 41.2 Å². The highest BCUT2D eigenvalue weighted by atomic mass is 15.3. The Balaban J connectivity index is 1.84. The van der Waals surface area contributed by atoms with Gasteiger partial charge in [0.25, 0.3) is 0 Å². The molecule has 0 aliphatic heterocycles. The molecule has 2 N–H and O–H groups in total. The number of hydrogen-bond acceptors (Lipinski definition) is 3. The van der Waals surface area contributed by atoms with Gasteiger partial charge in [-0.05, 0) is 26.0 Å². The number of imidazole rings is 1. The van der Waals surface area contributed by atoms with Crippen LogP contribution in [-0.2, 0) is 13.1 Å². The second kappa shape index (κ2) is 4.42. The first-order chi connectivity index (χ1) is 9.16. The van der Waals surface area contributed by atoms with Gasteiger partial charge in [0.2, 0.25) is 0 Å². The van der Waals surface area contributed by atoms with Gasteiger partial charge < -0.3 is 10.3 Å². The Bertz CT molecular complexity index is 723. The maximum Gasteiger partial charge on any atom is 0.0958 e. The van der Waals surface area contributed by atoms with Gasteiger partial charge in [-0.2, -0.15) is 5.10 Å². The summed E-state index contributed by atoms with van der Waals surface area (Å²) in [5, 5.41) is 4.45. The van der Waals surface area contributed by atoms with Crippen LogP contribution in [0.2, 0.25) is 0 Å². The third-order valence-electron chi connectivity index (χ3n) is 3.52. The Morgan fingerprint density at radius 2 is 1.95 bits per heavy atom. The highest BCUT2D eigenvalue weighted by molar-refractivity contribution is 5.74. The van der Waals surface area contributed by atoms with Gasteiger partial charge in [0.1, 0.15) is 0 Å². The first kappa shape index (κ1) is 11.8. The number of anilines is 1. The first-order valence-corrected chi connectivity index (χ1v) is 6.36. The molecule has 5 heteroatoms. The predicted octanol–water partition coefficient (Wildman–Crippen LogP) is 2.13. The third kappa shape index (κ3) is 1.97. The van der Waals surface area contributed by atoms with Gasteiger partial charge in [-0.3, -0.25) is 4.68 Å². The molecule has 0 bridgehead atoms. The fourth-order valence-corrected chi connectivity index (χ4v) is 2.32. The number of benzene rings is 1. The van der Waals surface area contributed by atoms with Crippen molar-refractivity contribution < 1.29 is 0 Å². The SMILES string of the molecule is Cc1nn(CCn2cnc3ccccc32)c(C)c1N. The summed E-state index contributed by atoms with van der Waals surface area (Å²) in [6, 6.07) is 8.13. The minimum atomic E-state index is 0.787. The Hall–Kier alpha value is -2.30. The first-order valence-electron chi connectivity index (χ1n) is 6.36. The number of hydrogen-bond donors (Lipinski definition) is 1. The maximum absolute atomic E-state index is 5.94. The molecule has 0 radical (unpaired) electrons. The lowest BCUT2D eigenvalue weighted by Gasteiger charge is -2.06. The molecule has 5 nitrogen and oxygen atoms in total. The molecular weight excluding hydrogens is 238 g/mol. The van der Waals surface area contributed by atoms with E-state index in [2.05, 4.69) is 20.7 Å². The molecule has 1 aromatic carbocycles. The van der Waals surface area contributed by atoms with E-state index in [1.807, 2.05) is 43.1 Å². The summed E-state index contributed by atoms with van der Waals surface area (Å²) in [5.41, 5.74) is 10.8. The molecular formula is C14H17N5. The minimum Gasteiger partial charge on any atom is -0.396 e. The second-order valence-electron chi connectivity index (χ2n) is 4.73. The van der Waals surface area contributed by atoms with Crippen molar-refractivity contribution in [1.82, 2.24) is 19.3 Å². The Labute approximate surface area is 111 Å². The molecule has 0 amide bonds. The van der Waals surface area contributed by atoms with Crippen LogP contribution in [0, 0.1) is 13.8 Å². The maximum atomic E-state index is 5.94. The monoisotopic (exact) mass is 255 g/mol. The van der Waals surface area contributed by atoms with E-state index in [0.29, 0.717) is 0 Å². The number of aromatic nitrogens is 4. The van der Waals surface area contributed by atoms with Crippen LogP contribution in [-0.4, -0.2) is 19.3 Å². The van der Waals surface area contributed by atoms with Crippen molar-refractivity contribution in [2.75, 3.05) is 5.73 Å². The molecule has 0 fully saturated rings. The van der Waals surface area contributed by atoms with Crippen LogP contribution in [0.25, 0.3) is 11.0 Å². The minimum absolute atomic E-state index is 0.787. The lowest BCUT2D eigenvalue weighted by Crippen LogP contribution is -2.09. The number of aryl methyl sites for hydroxylation is 3. The van der Waals surface area contributed by atoms with Crippen LogP contribution < -0.4 is 5.73 Å². The molecule has 0 unspecified atom stereocenters. The highest BCUT2D eigenvalue weighted by Gasteiger charge is 2.08. The highest BCUT2D eigenvalue weighted by Crippen LogP contribution is 2.16. The summed E-state index contributed by atoms with van der Waals surface area (Å²) in [6.45, 7) is 5.57. The average molecular weight is 255 g/mol. The quantitative estimate of drug-likeness (QED) is 0.780. The van der Waals surface area contributed by atoms with Crippen molar-refractivity contribution >= 4 is 16.7 Å². The smallest absolute Gasteiger partial charge is 0.0958 e. The second-order valence-corrected chi connectivity index (χ2v) is 4.73. The van der Waals surface area contributed by atoms with Crippen LogP contribution in [0.1, 0.15) is 11.4 Å². The topological polar surface area (TPSA) is 61.7 Å². The van der Waals surface area contributed by atoms with Crippen LogP contribution >= 0.6 is 0 Å². The van der Waals surface area contributed by atoms with E-state index in [-0.39, 0.29) is 0 Å². The van der Waals surface area contributed by atoms with E-state index < -0.39 is 0 Å². The molecule has 2 heterocycles. The fourth-order valence-electron chi connectivity index (χ4n) is 2.32. The number of nitrogen functional groups attached to an aromatic ring is 1. The predicted molar refractivity (Wildman–Crippen MR) is 75.8 cm³/mol. The Kier molecular flexibility index (Phi) is 2.74. The summed E-state index contributed by atoms with van der Waals surface area (Å²) < 4.78 is 4.10. The van der Waals surface area contributed by atoms with Crippen LogP contribution in [0.15, 0.2) is 30.6 Å². The van der Waals surface area contributed by atoms with Gasteiger partial charge in [-0.25, -0.2) is 4.98 Å². The van der Waals surface area contributed by atoms with Crippen molar-refractivity contribution in [1.29, 1.82) is 0 Å². The van der Waals surface area contributed by atoms with E-state index >= 15 is 0 Å². The molecule has 0 spiro atoms. The van der Waals surface area contributed by atoms with Crippen molar-refractivity contribution in [3.8, 4) is 0 Å². The summed E-state index contributed by atoms with van der Waals surface area (Å²) >= 11 is 0. The number of para-hydroxylation sites is 2.